The van der Waals surface area contributed by atoms with Gasteiger partial charge in [0, 0.05) is 15.6 Å². The standard InChI is InChI=1S/C7H7BrN4O/c8-5-2-1-3-10-7(5)6(4-13)11-12-9/h1-3,6,13H,4H2. The number of aliphatic hydroxyl groups excluding tert-OH is 1. The first kappa shape index (κ1) is 9.98. The van der Waals surface area contributed by atoms with E-state index < -0.39 is 6.04 Å². The van der Waals surface area contributed by atoms with Gasteiger partial charge < -0.3 is 5.11 Å². The van der Waals surface area contributed by atoms with E-state index in [0.717, 1.165) is 4.47 Å². The minimum Gasteiger partial charge on any atom is -0.396 e. The molecule has 5 nitrogen and oxygen atoms in total. The van der Waals surface area contributed by atoms with Crippen LogP contribution in [0.15, 0.2) is 27.9 Å². The first-order valence-electron chi connectivity index (χ1n) is 3.55. The first-order valence-corrected chi connectivity index (χ1v) is 4.34. The second-order valence-corrected chi connectivity index (χ2v) is 3.13. The molecule has 0 radical (unpaired) electrons. The fourth-order valence-corrected chi connectivity index (χ4v) is 1.40. The number of halogens is 1. The summed E-state index contributed by atoms with van der Waals surface area (Å²) in [6.45, 7) is -0.250. The van der Waals surface area contributed by atoms with Crippen LogP contribution < -0.4 is 0 Å². The van der Waals surface area contributed by atoms with E-state index in [9.17, 15) is 0 Å². The summed E-state index contributed by atoms with van der Waals surface area (Å²) in [5, 5.41) is 12.3. The number of hydrogen-bond donors (Lipinski definition) is 1. The Kier molecular flexibility index (Phi) is 3.70. The Hall–Kier alpha value is -1.10. The van der Waals surface area contributed by atoms with Gasteiger partial charge in [-0.3, -0.25) is 4.98 Å². The highest BCUT2D eigenvalue weighted by molar-refractivity contribution is 9.10. The molecular formula is C7H7BrN4O. The van der Waals surface area contributed by atoms with Crippen LogP contribution in [-0.2, 0) is 0 Å². The smallest absolute Gasteiger partial charge is 0.104 e. The molecule has 1 rings (SSSR count). The van der Waals surface area contributed by atoms with E-state index in [-0.39, 0.29) is 6.61 Å². The van der Waals surface area contributed by atoms with Gasteiger partial charge in [0.1, 0.15) is 6.04 Å². The van der Waals surface area contributed by atoms with Crippen molar-refractivity contribution in [3.05, 3.63) is 38.9 Å². The fourth-order valence-electron chi connectivity index (χ4n) is 0.883. The average Bonchev–Trinajstić information content (AvgIpc) is 2.16. The lowest BCUT2D eigenvalue weighted by Gasteiger charge is -2.07. The molecule has 6 heteroatoms. The van der Waals surface area contributed by atoms with Crippen molar-refractivity contribution in [2.45, 2.75) is 6.04 Å². The maximum Gasteiger partial charge on any atom is 0.104 e. The highest BCUT2D eigenvalue weighted by atomic mass is 79.9. The maximum atomic E-state index is 8.91. The van der Waals surface area contributed by atoms with Crippen LogP contribution in [-0.4, -0.2) is 16.7 Å². The summed E-state index contributed by atoms with van der Waals surface area (Å²) in [7, 11) is 0. The second kappa shape index (κ2) is 4.81. The van der Waals surface area contributed by atoms with Crippen molar-refractivity contribution >= 4 is 15.9 Å². The van der Waals surface area contributed by atoms with Crippen molar-refractivity contribution in [2.75, 3.05) is 6.61 Å². The molecule has 0 aliphatic carbocycles. The molecule has 0 saturated carbocycles. The van der Waals surface area contributed by atoms with Crippen LogP contribution in [0.25, 0.3) is 10.4 Å². The van der Waals surface area contributed by atoms with Crippen molar-refractivity contribution in [1.82, 2.24) is 4.98 Å². The van der Waals surface area contributed by atoms with Crippen LogP contribution in [0.5, 0.6) is 0 Å². The lowest BCUT2D eigenvalue weighted by Crippen LogP contribution is -2.03. The van der Waals surface area contributed by atoms with Gasteiger partial charge in [-0.25, -0.2) is 0 Å². The third-order valence-electron chi connectivity index (χ3n) is 1.47. The summed E-state index contributed by atoms with van der Waals surface area (Å²) in [5.41, 5.74) is 8.77. The maximum absolute atomic E-state index is 8.91. The minimum atomic E-state index is -0.624. The zero-order valence-corrected chi connectivity index (χ0v) is 8.22. The van der Waals surface area contributed by atoms with Gasteiger partial charge in [0.25, 0.3) is 0 Å². The Bertz CT molecular complexity index is 337. The third-order valence-corrected chi connectivity index (χ3v) is 2.14. The Morgan fingerprint density at radius 3 is 3.08 bits per heavy atom. The molecule has 1 unspecified atom stereocenters. The summed E-state index contributed by atoms with van der Waals surface area (Å²) in [4.78, 5) is 6.62. The van der Waals surface area contributed by atoms with Crippen LogP contribution >= 0.6 is 15.9 Å². The molecule has 0 fully saturated rings. The monoisotopic (exact) mass is 242 g/mol. The van der Waals surface area contributed by atoms with Gasteiger partial charge in [-0.15, -0.1) is 0 Å². The highest BCUT2D eigenvalue weighted by Gasteiger charge is 2.12. The lowest BCUT2D eigenvalue weighted by molar-refractivity contribution is 0.265. The average molecular weight is 243 g/mol. The zero-order valence-electron chi connectivity index (χ0n) is 6.63. The largest absolute Gasteiger partial charge is 0.396 e. The van der Waals surface area contributed by atoms with E-state index in [1.165, 1.54) is 0 Å². The molecular weight excluding hydrogens is 236 g/mol. The fraction of sp³-hybridized carbons (Fsp3) is 0.286. The van der Waals surface area contributed by atoms with Gasteiger partial charge in [-0.1, -0.05) is 5.11 Å². The molecule has 1 aromatic rings. The lowest BCUT2D eigenvalue weighted by atomic mass is 10.2. The Morgan fingerprint density at radius 2 is 2.54 bits per heavy atom. The second-order valence-electron chi connectivity index (χ2n) is 2.27. The molecule has 0 spiro atoms. The van der Waals surface area contributed by atoms with Crippen molar-refractivity contribution in [3.8, 4) is 0 Å². The predicted octanol–water partition coefficient (Wildman–Crippen LogP) is 2.19. The number of hydrogen-bond acceptors (Lipinski definition) is 3. The first-order chi connectivity index (χ1) is 6.29. The van der Waals surface area contributed by atoms with Crippen LogP contribution in [0.2, 0.25) is 0 Å². The van der Waals surface area contributed by atoms with Crippen LogP contribution in [0.3, 0.4) is 0 Å². The minimum absolute atomic E-state index is 0.250. The van der Waals surface area contributed by atoms with Gasteiger partial charge in [-0.05, 0) is 33.6 Å². The number of azide groups is 1. The number of aromatic nitrogens is 1. The van der Waals surface area contributed by atoms with E-state index in [2.05, 4.69) is 30.9 Å². The summed E-state index contributed by atoms with van der Waals surface area (Å²) >= 11 is 3.25. The Morgan fingerprint density at radius 1 is 1.77 bits per heavy atom. The number of rotatable bonds is 3. The van der Waals surface area contributed by atoms with Crippen molar-refractivity contribution < 1.29 is 5.11 Å². The number of aliphatic hydroxyl groups is 1. The van der Waals surface area contributed by atoms with Gasteiger partial charge in [0.15, 0.2) is 0 Å². The molecule has 1 atom stereocenters. The van der Waals surface area contributed by atoms with Crippen molar-refractivity contribution in [1.29, 1.82) is 0 Å². The van der Waals surface area contributed by atoms with Gasteiger partial charge in [0.05, 0.1) is 12.3 Å². The molecule has 68 valence electrons. The molecule has 0 amide bonds. The molecule has 13 heavy (non-hydrogen) atoms. The molecule has 0 bridgehead atoms. The SMILES string of the molecule is [N-]=[N+]=NC(CO)c1ncccc1Br. The van der Waals surface area contributed by atoms with Gasteiger partial charge in [-0.2, -0.15) is 0 Å². The van der Waals surface area contributed by atoms with E-state index in [4.69, 9.17) is 10.6 Å². The summed E-state index contributed by atoms with van der Waals surface area (Å²) in [6, 6.07) is 2.90. The van der Waals surface area contributed by atoms with E-state index >= 15 is 0 Å². The zero-order chi connectivity index (χ0) is 9.68. The predicted molar refractivity (Wildman–Crippen MR) is 50.9 cm³/mol. The summed E-state index contributed by atoms with van der Waals surface area (Å²) < 4.78 is 0.724. The topological polar surface area (TPSA) is 81.9 Å². The normalized spacial score (nSPS) is 11.8. The summed E-state index contributed by atoms with van der Waals surface area (Å²) in [5.74, 6) is 0. The van der Waals surface area contributed by atoms with E-state index in [0.29, 0.717) is 5.69 Å². The molecule has 1 aromatic heterocycles. The van der Waals surface area contributed by atoms with E-state index in [1.54, 1.807) is 18.3 Å². The number of pyridine rings is 1. The Labute approximate surface area is 83.2 Å². The highest BCUT2D eigenvalue weighted by Crippen LogP contribution is 2.23. The third kappa shape index (κ3) is 2.42. The molecule has 1 heterocycles. The Balaban J connectivity index is 3.04. The quantitative estimate of drug-likeness (QED) is 0.501. The van der Waals surface area contributed by atoms with Crippen molar-refractivity contribution in [3.63, 3.8) is 0 Å². The van der Waals surface area contributed by atoms with Gasteiger partial charge >= 0.3 is 0 Å². The van der Waals surface area contributed by atoms with Crippen LogP contribution in [0.4, 0.5) is 0 Å². The molecule has 1 N–H and O–H groups in total. The molecule has 0 aromatic carbocycles. The molecule has 0 saturated heterocycles. The number of nitrogens with zero attached hydrogens (tertiary/aromatic N) is 4. The van der Waals surface area contributed by atoms with E-state index in [1.807, 2.05) is 0 Å². The van der Waals surface area contributed by atoms with Crippen LogP contribution in [0.1, 0.15) is 11.7 Å². The van der Waals surface area contributed by atoms with Crippen LogP contribution in [0, 0.1) is 0 Å². The molecule has 0 aliphatic rings. The van der Waals surface area contributed by atoms with Crippen molar-refractivity contribution in [2.24, 2.45) is 5.11 Å². The summed E-state index contributed by atoms with van der Waals surface area (Å²) in [6.07, 6.45) is 1.58. The van der Waals surface area contributed by atoms with Gasteiger partial charge in [0.2, 0.25) is 0 Å². The molecule has 0 aliphatic heterocycles.